The minimum absolute atomic E-state index is 0.216. The van der Waals surface area contributed by atoms with Crippen LogP contribution in [-0.2, 0) is 6.61 Å². The van der Waals surface area contributed by atoms with E-state index in [1.807, 2.05) is 0 Å². The second-order valence-corrected chi connectivity index (χ2v) is 2.06. The smallest absolute Gasteiger partial charge is 0.249 e. The number of rotatable bonds is 2. The quantitative estimate of drug-likeness (QED) is 0.609. The van der Waals surface area contributed by atoms with Crippen molar-refractivity contribution in [2.45, 2.75) is 6.61 Å². The lowest BCUT2D eigenvalue weighted by atomic mass is 10.1. The van der Waals surface area contributed by atoms with Crippen molar-refractivity contribution in [1.82, 2.24) is 4.98 Å². The molecule has 1 rings (SSSR count). The van der Waals surface area contributed by atoms with Crippen molar-refractivity contribution >= 4 is 5.91 Å². The molecule has 0 bridgehead atoms. The predicted octanol–water partition coefficient (Wildman–Crippen LogP) is -0.327. The first-order chi connectivity index (χ1) is 5.25. The van der Waals surface area contributed by atoms with E-state index in [0.717, 1.165) is 0 Å². The molecular formula is C7H8N2O2. The summed E-state index contributed by atoms with van der Waals surface area (Å²) in [5, 5.41) is 8.72. The van der Waals surface area contributed by atoms with Gasteiger partial charge in [-0.05, 0) is 6.07 Å². The Hall–Kier alpha value is -1.42. The van der Waals surface area contributed by atoms with Gasteiger partial charge in [0.2, 0.25) is 5.91 Å². The van der Waals surface area contributed by atoms with Gasteiger partial charge in [-0.1, -0.05) is 0 Å². The Morgan fingerprint density at radius 1 is 1.73 bits per heavy atom. The minimum Gasteiger partial charge on any atom is -0.392 e. The summed E-state index contributed by atoms with van der Waals surface area (Å²) in [7, 11) is 0. The number of nitrogens with two attached hydrogens (primary N) is 1. The Morgan fingerprint density at radius 2 is 2.45 bits per heavy atom. The van der Waals surface area contributed by atoms with Crippen molar-refractivity contribution in [3.8, 4) is 0 Å². The number of carbonyl (C=O) groups excluding carboxylic acids is 1. The van der Waals surface area contributed by atoms with Crippen LogP contribution in [0.15, 0.2) is 18.5 Å². The summed E-state index contributed by atoms with van der Waals surface area (Å²) >= 11 is 0. The Kier molecular flexibility index (Phi) is 2.18. The fraction of sp³-hybridized carbons (Fsp3) is 0.143. The number of pyridine rings is 1. The zero-order valence-electron chi connectivity index (χ0n) is 5.82. The Bertz CT molecular complexity index is 273. The summed E-state index contributed by atoms with van der Waals surface area (Å²) in [6, 6.07) is 1.48. The van der Waals surface area contributed by atoms with Gasteiger partial charge < -0.3 is 10.8 Å². The summed E-state index contributed by atoms with van der Waals surface area (Å²) in [4.78, 5) is 14.4. The number of hydrogen-bond acceptors (Lipinski definition) is 3. The highest BCUT2D eigenvalue weighted by Crippen LogP contribution is 2.04. The highest BCUT2D eigenvalue weighted by molar-refractivity contribution is 5.94. The molecule has 0 aliphatic rings. The highest BCUT2D eigenvalue weighted by atomic mass is 16.3. The Labute approximate surface area is 63.7 Å². The van der Waals surface area contributed by atoms with Gasteiger partial charge in [0, 0.05) is 23.5 Å². The zero-order chi connectivity index (χ0) is 8.27. The molecule has 0 saturated carbocycles. The van der Waals surface area contributed by atoms with Crippen LogP contribution in [0.25, 0.3) is 0 Å². The van der Waals surface area contributed by atoms with Crippen LogP contribution in [0.4, 0.5) is 0 Å². The molecule has 1 aromatic heterocycles. The van der Waals surface area contributed by atoms with Crippen molar-refractivity contribution in [3.05, 3.63) is 29.6 Å². The summed E-state index contributed by atoms with van der Waals surface area (Å²) in [5.74, 6) is -0.545. The van der Waals surface area contributed by atoms with Crippen LogP contribution in [0.1, 0.15) is 15.9 Å². The maximum atomic E-state index is 10.7. The third-order valence-corrected chi connectivity index (χ3v) is 1.34. The second-order valence-electron chi connectivity index (χ2n) is 2.06. The molecule has 11 heavy (non-hydrogen) atoms. The van der Waals surface area contributed by atoms with Crippen molar-refractivity contribution in [3.63, 3.8) is 0 Å². The lowest BCUT2D eigenvalue weighted by Crippen LogP contribution is -2.13. The Balaban J connectivity index is 3.12. The molecule has 0 atom stereocenters. The summed E-state index contributed by atoms with van der Waals surface area (Å²) in [6.07, 6.45) is 2.87. The van der Waals surface area contributed by atoms with Crippen LogP contribution >= 0.6 is 0 Å². The van der Waals surface area contributed by atoms with Crippen molar-refractivity contribution in [2.24, 2.45) is 5.73 Å². The molecule has 0 spiro atoms. The molecule has 0 radical (unpaired) electrons. The molecule has 0 aliphatic carbocycles. The molecule has 0 unspecified atom stereocenters. The van der Waals surface area contributed by atoms with Crippen molar-refractivity contribution in [2.75, 3.05) is 0 Å². The molecule has 4 nitrogen and oxygen atoms in total. The lowest BCUT2D eigenvalue weighted by molar-refractivity contribution is 0.0997. The van der Waals surface area contributed by atoms with E-state index < -0.39 is 5.91 Å². The molecule has 3 N–H and O–H groups in total. The van der Waals surface area contributed by atoms with Gasteiger partial charge in [0.05, 0.1) is 6.61 Å². The van der Waals surface area contributed by atoms with Gasteiger partial charge in [0.15, 0.2) is 0 Å². The molecule has 1 amide bonds. The van der Waals surface area contributed by atoms with E-state index in [9.17, 15) is 4.79 Å². The van der Waals surface area contributed by atoms with E-state index >= 15 is 0 Å². The van der Waals surface area contributed by atoms with E-state index in [1.165, 1.54) is 18.5 Å². The fourth-order valence-corrected chi connectivity index (χ4v) is 0.794. The van der Waals surface area contributed by atoms with Gasteiger partial charge in [-0.15, -0.1) is 0 Å². The van der Waals surface area contributed by atoms with Crippen molar-refractivity contribution < 1.29 is 9.90 Å². The third kappa shape index (κ3) is 1.53. The number of aromatic nitrogens is 1. The van der Waals surface area contributed by atoms with E-state index in [4.69, 9.17) is 10.8 Å². The molecule has 0 saturated heterocycles. The molecule has 0 aliphatic heterocycles. The van der Waals surface area contributed by atoms with Gasteiger partial charge in [-0.25, -0.2) is 0 Å². The standard InChI is InChI=1S/C7H8N2O2/c8-7(11)6-1-2-9-3-5(6)4-10/h1-3,10H,4H2,(H2,8,11). The highest BCUT2D eigenvalue weighted by Gasteiger charge is 2.05. The Morgan fingerprint density at radius 3 is 2.91 bits per heavy atom. The SMILES string of the molecule is NC(=O)c1ccncc1CO. The van der Waals surface area contributed by atoms with Crippen LogP contribution in [0, 0.1) is 0 Å². The van der Waals surface area contributed by atoms with E-state index in [0.29, 0.717) is 11.1 Å². The monoisotopic (exact) mass is 152 g/mol. The first-order valence-electron chi connectivity index (χ1n) is 3.09. The number of hydrogen-bond donors (Lipinski definition) is 2. The maximum Gasteiger partial charge on any atom is 0.249 e. The predicted molar refractivity (Wildman–Crippen MR) is 38.7 cm³/mol. The van der Waals surface area contributed by atoms with E-state index in [2.05, 4.69) is 4.98 Å². The first-order valence-corrected chi connectivity index (χ1v) is 3.09. The minimum atomic E-state index is -0.545. The number of primary amides is 1. The largest absolute Gasteiger partial charge is 0.392 e. The van der Waals surface area contributed by atoms with E-state index in [-0.39, 0.29) is 6.61 Å². The number of aliphatic hydroxyl groups excluding tert-OH is 1. The maximum absolute atomic E-state index is 10.7. The van der Waals surface area contributed by atoms with Crippen LogP contribution in [0.3, 0.4) is 0 Å². The van der Waals surface area contributed by atoms with Gasteiger partial charge in [0.1, 0.15) is 0 Å². The van der Waals surface area contributed by atoms with Gasteiger partial charge in [-0.2, -0.15) is 0 Å². The average Bonchev–Trinajstić information content (AvgIpc) is 2.04. The summed E-state index contributed by atoms with van der Waals surface area (Å²) in [5.41, 5.74) is 5.79. The number of amides is 1. The van der Waals surface area contributed by atoms with Crippen molar-refractivity contribution in [1.29, 1.82) is 0 Å². The van der Waals surface area contributed by atoms with Gasteiger partial charge in [0.25, 0.3) is 0 Å². The third-order valence-electron chi connectivity index (χ3n) is 1.34. The first kappa shape index (κ1) is 7.68. The summed E-state index contributed by atoms with van der Waals surface area (Å²) < 4.78 is 0. The normalized spacial score (nSPS) is 9.55. The lowest BCUT2D eigenvalue weighted by Gasteiger charge is -1.99. The number of carbonyl (C=O) groups is 1. The van der Waals surface area contributed by atoms with Crippen LogP contribution in [0.2, 0.25) is 0 Å². The molecule has 4 heteroatoms. The van der Waals surface area contributed by atoms with E-state index in [1.54, 1.807) is 0 Å². The molecule has 58 valence electrons. The van der Waals surface area contributed by atoms with Crippen LogP contribution in [0.5, 0.6) is 0 Å². The number of nitrogens with zero attached hydrogens (tertiary/aromatic N) is 1. The summed E-state index contributed by atoms with van der Waals surface area (Å²) in [6.45, 7) is -0.216. The van der Waals surface area contributed by atoms with Gasteiger partial charge in [-0.3, -0.25) is 9.78 Å². The topological polar surface area (TPSA) is 76.2 Å². The molecule has 1 aromatic rings. The second kappa shape index (κ2) is 3.12. The van der Waals surface area contributed by atoms with Crippen LogP contribution in [-0.4, -0.2) is 16.0 Å². The van der Waals surface area contributed by atoms with Crippen LogP contribution < -0.4 is 5.73 Å². The number of aliphatic hydroxyl groups is 1. The molecule has 0 aromatic carbocycles. The zero-order valence-corrected chi connectivity index (χ0v) is 5.82. The molecular weight excluding hydrogens is 144 g/mol. The average molecular weight is 152 g/mol. The fourth-order valence-electron chi connectivity index (χ4n) is 0.794. The molecule has 0 fully saturated rings. The van der Waals surface area contributed by atoms with Gasteiger partial charge >= 0.3 is 0 Å². The molecule has 1 heterocycles.